The highest BCUT2D eigenvalue weighted by Crippen LogP contribution is 2.18. The van der Waals surface area contributed by atoms with Crippen LogP contribution in [0.1, 0.15) is 26.7 Å². The smallest absolute Gasteiger partial charge is 0.136 e. The van der Waals surface area contributed by atoms with E-state index in [0.717, 1.165) is 18.8 Å². The molecule has 0 aromatic rings. The van der Waals surface area contributed by atoms with Crippen LogP contribution in [0.3, 0.4) is 0 Å². The lowest BCUT2D eigenvalue weighted by Gasteiger charge is -2.22. The zero-order valence-electron chi connectivity index (χ0n) is 8.30. The summed E-state index contributed by atoms with van der Waals surface area (Å²) in [4.78, 5) is 0. The van der Waals surface area contributed by atoms with Crippen molar-refractivity contribution >= 4 is 5.71 Å². The van der Waals surface area contributed by atoms with E-state index in [4.69, 9.17) is 14.9 Å². The molecule has 1 unspecified atom stereocenters. The van der Waals surface area contributed by atoms with Crippen molar-refractivity contribution in [3.05, 3.63) is 11.8 Å². The van der Waals surface area contributed by atoms with E-state index in [1.54, 1.807) is 0 Å². The fourth-order valence-electron chi connectivity index (χ4n) is 1.44. The molecular formula is C10H17NO2. The summed E-state index contributed by atoms with van der Waals surface area (Å²) in [5, 5.41) is 7.68. The summed E-state index contributed by atoms with van der Waals surface area (Å²) in [5.74, 6) is 0.735. The summed E-state index contributed by atoms with van der Waals surface area (Å²) in [6, 6.07) is 0. The molecule has 1 atom stereocenters. The molecule has 0 aliphatic heterocycles. The molecule has 0 radical (unpaired) electrons. The van der Waals surface area contributed by atoms with Gasteiger partial charge in [0.1, 0.15) is 5.76 Å². The van der Waals surface area contributed by atoms with E-state index in [1.807, 2.05) is 19.9 Å². The van der Waals surface area contributed by atoms with Crippen LogP contribution in [-0.4, -0.2) is 25.0 Å². The molecule has 1 rings (SSSR count). The standard InChI is InChI=1S/C10H17NO2/c1-3-12-8-5-6-10(13-4-2)9(11)7-8/h6,8,11H,3-5,7H2,1-2H3. The Balaban J connectivity index is 2.48. The Hall–Kier alpha value is -0.830. The van der Waals surface area contributed by atoms with Crippen LogP contribution in [0.15, 0.2) is 11.8 Å². The van der Waals surface area contributed by atoms with Gasteiger partial charge < -0.3 is 14.9 Å². The molecule has 0 saturated carbocycles. The van der Waals surface area contributed by atoms with Gasteiger partial charge in [-0.2, -0.15) is 0 Å². The molecule has 3 heteroatoms. The van der Waals surface area contributed by atoms with Crippen molar-refractivity contribution in [2.24, 2.45) is 0 Å². The minimum Gasteiger partial charge on any atom is -0.492 e. The molecule has 1 N–H and O–H groups in total. The maximum Gasteiger partial charge on any atom is 0.136 e. The van der Waals surface area contributed by atoms with Crippen LogP contribution < -0.4 is 0 Å². The van der Waals surface area contributed by atoms with E-state index >= 15 is 0 Å². The summed E-state index contributed by atoms with van der Waals surface area (Å²) in [5.41, 5.74) is 0.562. The lowest BCUT2D eigenvalue weighted by atomic mass is 10.0. The molecular weight excluding hydrogens is 166 g/mol. The molecule has 13 heavy (non-hydrogen) atoms. The van der Waals surface area contributed by atoms with Gasteiger partial charge in [0.25, 0.3) is 0 Å². The SMILES string of the molecule is CCOC1=CCC(OCC)CC1=N. The van der Waals surface area contributed by atoms with Gasteiger partial charge in [-0.1, -0.05) is 0 Å². The maximum atomic E-state index is 7.68. The number of nitrogens with one attached hydrogen (secondary N) is 1. The van der Waals surface area contributed by atoms with Gasteiger partial charge in [0.2, 0.25) is 0 Å². The largest absolute Gasteiger partial charge is 0.492 e. The Kier molecular flexibility index (Phi) is 3.96. The van der Waals surface area contributed by atoms with E-state index in [-0.39, 0.29) is 6.10 Å². The summed E-state index contributed by atoms with van der Waals surface area (Å²) in [7, 11) is 0. The molecule has 0 amide bonds. The minimum absolute atomic E-state index is 0.182. The second-order valence-corrected chi connectivity index (χ2v) is 3.00. The quantitative estimate of drug-likeness (QED) is 0.725. The van der Waals surface area contributed by atoms with Gasteiger partial charge in [0, 0.05) is 13.0 Å². The Bertz CT molecular complexity index is 211. The van der Waals surface area contributed by atoms with Crippen molar-refractivity contribution in [2.45, 2.75) is 32.8 Å². The molecule has 0 saturated heterocycles. The number of rotatable bonds is 4. The first-order valence-electron chi connectivity index (χ1n) is 4.80. The second-order valence-electron chi connectivity index (χ2n) is 3.00. The molecule has 3 nitrogen and oxygen atoms in total. The average Bonchev–Trinajstić information content (AvgIpc) is 2.10. The predicted octanol–water partition coefficient (Wildman–Crippen LogP) is 2.13. The molecule has 0 aromatic heterocycles. The van der Waals surface area contributed by atoms with Gasteiger partial charge in [0.15, 0.2) is 0 Å². The summed E-state index contributed by atoms with van der Waals surface area (Å²) in [6.07, 6.45) is 3.68. The number of hydrogen-bond acceptors (Lipinski definition) is 3. The molecule has 1 aliphatic carbocycles. The van der Waals surface area contributed by atoms with Crippen LogP contribution in [0.25, 0.3) is 0 Å². The molecule has 1 aliphatic rings. The fourth-order valence-corrected chi connectivity index (χ4v) is 1.44. The Morgan fingerprint density at radius 3 is 2.77 bits per heavy atom. The zero-order chi connectivity index (χ0) is 9.68. The first kappa shape index (κ1) is 10.3. The fraction of sp³-hybridized carbons (Fsp3) is 0.700. The number of ether oxygens (including phenoxy) is 2. The Morgan fingerprint density at radius 1 is 1.46 bits per heavy atom. The molecule has 0 spiro atoms. The lowest BCUT2D eigenvalue weighted by Crippen LogP contribution is -2.23. The normalized spacial score (nSPS) is 22.8. The summed E-state index contributed by atoms with van der Waals surface area (Å²) < 4.78 is 10.7. The third-order valence-corrected chi connectivity index (χ3v) is 2.00. The van der Waals surface area contributed by atoms with Gasteiger partial charge in [-0.25, -0.2) is 0 Å². The van der Waals surface area contributed by atoms with E-state index in [2.05, 4.69) is 0 Å². The molecule has 0 aromatic carbocycles. The third-order valence-electron chi connectivity index (χ3n) is 2.00. The summed E-state index contributed by atoms with van der Waals surface area (Å²) in [6.45, 7) is 5.26. The van der Waals surface area contributed by atoms with Crippen LogP contribution in [0.2, 0.25) is 0 Å². The van der Waals surface area contributed by atoms with Crippen LogP contribution in [0.5, 0.6) is 0 Å². The van der Waals surface area contributed by atoms with Gasteiger partial charge in [-0.15, -0.1) is 0 Å². The van der Waals surface area contributed by atoms with Crippen LogP contribution in [0, 0.1) is 5.41 Å². The highest BCUT2D eigenvalue weighted by Gasteiger charge is 2.19. The number of allylic oxidation sites excluding steroid dienone is 1. The summed E-state index contributed by atoms with van der Waals surface area (Å²) >= 11 is 0. The second kappa shape index (κ2) is 5.02. The minimum atomic E-state index is 0.182. The first-order chi connectivity index (χ1) is 6.27. The third kappa shape index (κ3) is 2.84. The molecule has 0 heterocycles. The van der Waals surface area contributed by atoms with Gasteiger partial charge in [-0.05, 0) is 26.3 Å². The van der Waals surface area contributed by atoms with Crippen LogP contribution in [0.4, 0.5) is 0 Å². The van der Waals surface area contributed by atoms with Gasteiger partial charge in [-0.3, -0.25) is 0 Å². The average molecular weight is 183 g/mol. The van der Waals surface area contributed by atoms with Crippen LogP contribution >= 0.6 is 0 Å². The van der Waals surface area contributed by atoms with Gasteiger partial charge >= 0.3 is 0 Å². The lowest BCUT2D eigenvalue weighted by molar-refractivity contribution is 0.0662. The van der Waals surface area contributed by atoms with Crippen molar-refractivity contribution in [3.8, 4) is 0 Å². The van der Waals surface area contributed by atoms with E-state index in [9.17, 15) is 0 Å². The monoisotopic (exact) mass is 183 g/mol. The van der Waals surface area contributed by atoms with Crippen molar-refractivity contribution < 1.29 is 9.47 Å². The van der Waals surface area contributed by atoms with Crippen molar-refractivity contribution in [1.29, 1.82) is 5.41 Å². The number of hydrogen-bond donors (Lipinski definition) is 1. The Labute approximate surface area is 79.2 Å². The predicted molar refractivity (Wildman–Crippen MR) is 52.1 cm³/mol. The molecule has 74 valence electrons. The van der Waals surface area contributed by atoms with E-state index in [1.165, 1.54) is 0 Å². The Morgan fingerprint density at radius 2 is 2.23 bits per heavy atom. The first-order valence-corrected chi connectivity index (χ1v) is 4.80. The van der Waals surface area contributed by atoms with Gasteiger partial charge in [0.05, 0.1) is 18.4 Å². The van der Waals surface area contributed by atoms with E-state index in [0.29, 0.717) is 18.7 Å². The van der Waals surface area contributed by atoms with Crippen LogP contribution in [-0.2, 0) is 9.47 Å². The highest BCUT2D eigenvalue weighted by molar-refractivity contribution is 5.96. The molecule has 0 bridgehead atoms. The van der Waals surface area contributed by atoms with Crippen molar-refractivity contribution in [1.82, 2.24) is 0 Å². The molecule has 0 fully saturated rings. The van der Waals surface area contributed by atoms with E-state index < -0.39 is 0 Å². The zero-order valence-corrected chi connectivity index (χ0v) is 8.30. The maximum absolute atomic E-state index is 7.68. The van der Waals surface area contributed by atoms with Crippen molar-refractivity contribution in [2.75, 3.05) is 13.2 Å². The topological polar surface area (TPSA) is 42.3 Å². The van der Waals surface area contributed by atoms with Crippen molar-refractivity contribution in [3.63, 3.8) is 0 Å². The highest BCUT2D eigenvalue weighted by atomic mass is 16.5.